The fourth-order valence-electron chi connectivity index (χ4n) is 2.95. The number of ether oxygens (including phenoxy) is 2. The molecule has 0 aromatic heterocycles. The maximum absolute atomic E-state index is 14.5. The first-order chi connectivity index (χ1) is 13.7. The van der Waals surface area contributed by atoms with Crippen LogP contribution in [0, 0.1) is 5.82 Å². The Morgan fingerprint density at radius 1 is 1.18 bits per heavy atom. The van der Waals surface area contributed by atoms with Crippen LogP contribution in [0.15, 0.2) is 23.2 Å². The number of nitrogens with zero attached hydrogens (tertiary/aromatic N) is 2. The smallest absolute Gasteiger partial charge is 0.191 e. The van der Waals surface area contributed by atoms with E-state index in [-0.39, 0.29) is 5.82 Å². The largest absolute Gasteiger partial charge is 0.381 e. The molecule has 7 heteroatoms. The van der Waals surface area contributed by atoms with Gasteiger partial charge in [0.2, 0.25) is 0 Å². The number of hydrogen-bond donors (Lipinski definition) is 2. The number of rotatable bonds is 11. The summed E-state index contributed by atoms with van der Waals surface area (Å²) in [6.07, 6.45) is 3.19. The summed E-state index contributed by atoms with van der Waals surface area (Å²) < 4.78 is 25.4. The third kappa shape index (κ3) is 8.02. The van der Waals surface area contributed by atoms with Crippen molar-refractivity contribution in [3.8, 4) is 0 Å². The predicted molar refractivity (Wildman–Crippen MR) is 113 cm³/mol. The summed E-state index contributed by atoms with van der Waals surface area (Å²) >= 11 is 0. The third-order valence-electron chi connectivity index (χ3n) is 4.53. The van der Waals surface area contributed by atoms with Crippen molar-refractivity contribution < 1.29 is 13.9 Å². The van der Waals surface area contributed by atoms with Gasteiger partial charge in [-0.2, -0.15) is 0 Å². The summed E-state index contributed by atoms with van der Waals surface area (Å²) in [5.41, 5.74) is 1.50. The van der Waals surface area contributed by atoms with Crippen molar-refractivity contribution in [3.05, 3.63) is 29.6 Å². The Labute approximate surface area is 168 Å². The molecule has 0 aliphatic carbocycles. The third-order valence-corrected chi connectivity index (χ3v) is 4.53. The van der Waals surface area contributed by atoms with Crippen LogP contribution in [0.4, 0.5) is 10.1 Å². The van der Waals surface area contributed by atoms with Gasteiger partial charge in [-0.1, -0.05) is 19.4 Å². The highest BCUT2D eigenvalue weighted by Crippen LogP contribution is 2.21. The first-order valence-electron chi connectivity index (χ1n) is 10.5. The van der Waals surface area contributed by atoms with Gasteiger partial charge < -0.3 is 25.0 Å². The highest BCUT2D eigenvalue weighted by molar-refractivity contribution is 5.79. The molecular formula is C21H35FN4O2. The van der Waals surface area contributed by atoms with E-state index in [9.17, 15) is 4.39 Å². The van der Waals surface area contributed by atoms with E-state index in [4.69, 9.17) is 9.47 Å². The zero-order chi connectivity index (χ0) is 20.0. The Morgan fingerprint density at radius 3 is 2.68 bits per heavy atom. The second kappa shape index (κ2) is 13.3. The van der Waals surface area contributed by atoms with E-state index in [0.717, 1.165) is 70.2 Å². The zero-order valence-corrected chi connectivity index (χ0v) is 17.3. The number of nitrogens with one attached hydrogen (secondary N) is 2. The maximum Gasteiger partial charge on any atom is 0.191 e. The summed E-state index contributed by atoms with van der Waals surface area (Å²) in [4.78, 5) is 6.60. The van der Waals surface area contributed by atoms with Crippen molar-refractivity contribution in [1.82, 2.24) is 10.6 Å². The van der Waals surface area contributed by atoms with Crippen molar-refractivity contribution in [2.24, 2.45) is 4.99 Å². The predicted octanol–water partition coefficient (Wildman–Crippen LogP) is 2.92. The normalized spacial score (nSPS) is 15.0. The van der Waals surface area contributed by atoms with Gasteiger partial charge in [0, 0.05) is 39.4 Å². The van der Waals surface area contributed by atoms with Crippen LogP contribution >= 0.6 is 0 Å². The standard InChI is InChI=1S/C21H35FN4O2/c1-3-5-12-27-13-6-9-24-21(23-4-2)25-17-18-7-8-20(19(22)16-18)26-10-14-28-15-11-26/h7-8,16H,3-6,9-15,17H2,1-2H3,(H2,23,24,25). The second-order valence-corrected chi connectivity index (χ2v) is 6.83. The van der Waals surface area contributed by atoms with Crippen LogP contribution in [-0.4, -0.2) is 58.6 Å². The first kappa shape index (κ1) is 22.4. The molecule has 1 heterocycles. The van der Waals surface area contributed by atoms with Crippen molar-refractivity contribution in [3.63, 3.8) is 0 Å². The van der Waals surface area contributed by atoms with Gasteiger partial charge in [-0.15, -0.1) is 0 Å². The van der Waals surface area contributed by atoms with Gasteiger partial charge in [-0.05, 0) is 37.5 Å². The summed E-state index contributed by atoms with van der Waals surface area (Å²) in [5.74, 6) is 0.547. The van der Waals surface area contributed by atoms with Crippen molar-refractivity contribution >= 4 is 11.6 Å². The molecule has 28 heavy (non-hydrogen) atoms. The van der Waals surface area contributed by atoms with E-state index in [1.54, 1.807) is 6.07 Å². The van der Waals surface area contributed by atoms with Crippen molar-refractivity contribution in [2.75, 3.05) is 57.5 Å². The fraction of sp³-hybridized carbons (Fsp3) is 0.667. The molecule has 1 aliphatic heterocycles. The molecule has 0 saturated carbocycles. The molecule has 0 unspecified atom stereocenters. The van der Waals surface area contributed by atoms with Gasteiger partial charge in [0.25, 0.3) is 0 Å². The highest BCUT2D eigenvalue weighted by atomic mass is 19.1. The summed E-state index contributed by atoms with van der Waals surface area (Å²) in [7, 11) is 0. The molecular weight excluding hydrogens is 359 g/mol. The quantitative estimate of drug-likeness (QED) is 0.343. The number of anilines is 1. The average molecular weight is 395 g/mol. The molecule has 0 bridgehead atoms. The number of guanidine groups is 1. The van der Waals surface area contributed by atoms with Crippen LogP contribution in [0.2, 0.25) is 0 Å². The Kier molecular flexibility index (Phi) is 10.7. The lowest BCUT2D eigenvalue weighted by molar-refractivity contribution is 0.122. The molecule has 2 N–H and O–H groups in total. The molecule has 0 spiro atoms. The van der Waals surface area contributed by atoms with Gasteiger partial charge in [-0.25, -0.2) is 9.38 Å². The molecule has 2 rings (SSSR count). The lowest BCUT2D eigenvalue weighted by Crippen LogP contribution is -2.38. The second-order valence-electron chi connectivity index (χ2n) is 6.83. The molecule has 1 aliphatic rings. The summed E-state index contributed by atoms with van der Waals surface area (Å²) in [6.45, 7) is 10.5. The molecule has 1 fully saturated rings. The SMILES string of the molecule is CCCCOCCCNC(=NCc1ccc(N2CCOCC2)c(F)c1)NCC. The van der Waals surface area contributed by atoms with Crippen LogP contribution < -0.4 is 15.5 Å². The molecule has 1 saturated heterocycles. The van der Waals surface area contributed by atoms with Gasteiger partial charge in [0.15, 0.2) is 5.96 Å². The van der Waals surface area contributed by atoms with E-state index in [1.165, 1.54) is 0 Å². The van der Waals surface area contributed by atoms with Crippen LogP contribution in [0.1, 0.15) is 38.7 Å². The van der Waals surface area contributed by atoms with E-state index >= 15 is 0 Å². The molecule has 0 atom stereocenters. The Morgan fingerprint density at radius 2 is 1.96 bits per heavy atom. The van der Waals surface area contributed by atoms with E-state index < -0.39 is 0 Å². The first-order valence-corrected chi connectivity index (χ1v) is 10.5. The van der Waals surface area contributed by atoms with Crippen LogP contribution in [-0.2, 0) is 16.0 Å². The number of benzene rings is 1. The van der Waals surface area contributed by atoms with E-state index in [1.807, 2.05) is 24.0 Å². The van der Waals surface area contributed by atoms with Gasteiger partial charge >= 0.3 is 0 Å². The molecule has 1 aromatic rings. The maximum atomic E-state index is 14.5. The van der Waals surface area contributed by atoms with Crippen molar-refractivity contribution in [1.29, 1.82) is 0 Å². The number of halogens is 1. The topological polar surface area (TPSA) is 58.1 Å². The Hall–Kier alpha value is -1.86. The van der Waals surface area contributed by atoms with Crippen LogP contribution in [0.3, 0.4) is 0 Å². The van der Waals surface area contributed by atoms with E-state index in [2.05, 4.69) is 22.5 Å². The number of morpholine rings is 1. The summed E-state index contributed by atoms with van der Waals surface area (Å²) in [5, 5.41) is 6.53. The van der Waals surface area contributed by atoms with Crippen molar-refractivity contribution in [2.45, 2.75) is 39.7 Å². The number of aliphatic imine (C=N–C) groups is 1. The molecule has 0 amide bonds. The zero-order valence-electron chi connectivity index (χ0n) is 17.3. The van der Waals surface area contributed by atoms with Crippen LogP contribution in [0.25, 0.3) is 0 Å². The lowest BCUT2D eigenvalue weighted by Gasteiger charge is -2.29. The van der Waals surface area contributed by atoms with Gasteiger partial charge in [0.05, 0.1) is 25.4 Å². The van der Waals surface area contributed by atoms with Gasteiger partial charge in [0.1, 0.15) is 5.82 Å². The molecule has 1 aromatic carbocycles. The Balaban J connectivity index is 1.81. The van der Waals surface area contributed by atoms with E-state index in [0.29, 0.717) is 25.4 Å². The fourth-order valence-corrected chi connectivity index (χ4v) is 2.95. The minimum atomic E-state index is -0.197. The van der Waals surface area contributed by atoms with Gasteiger partial charge in [-0.3, -0.25) is 0 Å². The molecule has 0 radical (unpaired) electrons. The number of hydrogen-bond acceptors (Lipinski definition) is 4. The lowest BCUT2D eigenvalue weighted by atomic mass is 10.1. The molecule has 158 valence electrons. The average Bonchev–Trinajstić information content (AvgIpc) is 2.72. The Bertz CT molecular complexity index is 592. The van der Waals surface area contributed by atoms with Crippen LogP contribution in [0.5, 0.6) is 0 Å². The minimum Gasteiger partial charge on any atom is -0.381 e. The summed E-state index contributed by atoms with van der Waals surface area (Å²) in [6, 6.07) is 5.38. The monoisotopic (exact) mass is 394 g/mol. The highest BCUT2D eigenvalue weighted by Gasteiger charge is 2.15. The number of unbranched alkanes of at least 4 members (excludes halogenated alkanes) is 1. The molecule has 6 nitrogen and oxygen atoms in total. The minimum absolute atomic E-state index is 0.197.